The maximum atomic E-state index is 10.1. The Balaban J connectivity index is 1.83. The Kier molecular flexibility index (Phi) is 4.27. The number of nitrogens with zero attached hydrogens (tertiary/aromatic N) is 3. The SMILES string of the molecule is OCCNc1ncnc2c1NCN2[C@@H]1O[C@H](CO)[C@@H](O)[C@H]1O. The van der Waals surface area contributed by atoms with Crippen molar-refractivity contribution < 1.29 is 25.2 Å². The minimum Gasteiger partial charge on any atom is -0.395 e. The summed E-state index contributed by atoms with van der Waals surface area (Å²) < 4.78 is 5.51. The summed E-state index contributed by atoms with van der Waals surface area (Å²) in [6.07, 6.45) is -2.61. The molecule has 3 heterocycles. The minimum atomic E-state index is -1.16. The average Bonchev–Trinajstić information content (AvgIpc) is 3.08. The number of aliphatic hydroxyl groups excluding tert-OH is 4. The fourth-order valence-corrected chi connectivity index (χ4v) is 2.65. The van der Waals surface area contributed by atoms with Crippen LogP contribution in [0.5, 0.6) is 0 Å². The lowest BCUT2D eigenvalue weighted by Gasteiger charge is -2.26. The van der Waals surface area contributed by atoms with Gasteiger partial charge in [0.1, 0.15) is 30.3 Å². The second kappa shape index (κ2) is 6.18. The number of aliphatic hydroxyl groups is 4. The van der Waals surface area contributed by atoms with E-state index in [0.29, 0.717) is 30.5 Å². The Morgan fingerprint density at radius 1 is 1.32 bits per heavy atom. The topological polar surface area (TPSA) is 143 Å². The normalized spacial score (nSPS) is 30.3. The predicted octanol–water partition coefficient (Wildman–Crippen LogP) is -2.49. The molecule has 0 aromatic carbocycles. The number of nitrogens with one attached hydrogen (secondary N) is 2. The third-order valence-corrected chi connectivity index (χ3v) is 3.75. The van der Waals surface area contributed by atoms with Crippen molar-refractivity contribution in [2.24, 2.45) is 0 Å². The summed E-state index contributed by atoms with van der Waals surface area (Å²) >= 11 is 0. The summed E-state index contributed by atoms with van der Waals surface area (Å²) in [4.78, 5) is 9.94. The van der Waals surface area contributed by atoms with Crippen molar-refractivity contribution in [1.82, 2.24) is 9.97 Å². The van der Waals surface area contributed by atoms with E-state index in [-0.39, 0.29) is 13.2 Å². The summed E-state index contributed by atoms with van der Waals surface area (Å²) in [7, 11) is 0. The molecule has 22 heavy (non-hydrogen) atoms. The van der Waals surface area contributed by atoms with E-state index in [1.807, 2.05) is 0 Å². The van der Waals surface area contributed by atoms with Gasteiger partial charge in [-0.2, -0.15) is 0 Å². The predicted molar refractivity (Wildman–Crippen MR) is 76.3 cm³/mol. The quantitative estimate of drug-likeness (QED) is 0.345. The van der Waals surface area contributed by atoms with Crippen LogP contribution in [0.2, 0.25) is 0 Å². The molecule has 0 bridgehead atoms. The third-order valence-electron chi connectivity index (χ3n) is 3.75. The van der Waals surface area contributed by atoms with E-state index < -0.39 is 24.5 Å². The number of hydrogen-bond donors (Lipinski definition) is 6. The maximum absolute atomic E-state index is 10.1. The smallest absolute Gasteiger partial charge is 0.162 e. The molecule has 10 nitrogen and oxygen atoms in total. The van der Waals surface area contributed by atoms with Gasteiger partial charge in [0.25, 0.3) is 0 Å². The van der Waals surface area contributed by atoms with Gasteiger partial charge in [0, 0.05) is 6.54 Å². The molecule has 1 saturated heterocycles. The summed E-state index contributed by atoms with van der Waals surface area (Å²) in [6, 6.07) is 0. The van der Waals surface area contributed by atoms with Gasteiger partial charge >= 0.3 is 0 Å². The molecule has 0 spiro atoms. The largest absolute Gasteiger partial charge is 0.395 e. The highest BCUT2D eigenvalue weighted by Crippen LogP contribution is 2.38. The molecule has 6 N–H and O–H groups in total. The van der Waals surface area contributed by atoms with Crippen LogP contribution in [0.4, 0.5) is 17.3 Å². The van der Waals surface area contributed by atoms with E-state index in [0.717, 1.165) is 0 Å². The monoisotopic (exact) mass is 313 g/mol. The van der Waals surface area contributed by atoms with Gasteiger partial charge in [-0.05, 0) is 0 Å². The molecule has 4 atom stereocenters. The van der Waals surface area contributed by atoms with Crippen LogP contribution in [-0.2, 0) is 4.74 Å². The summed E-state index contributed by atoms with van der Waals surface area (Å²) in [6.45, 7) is 0.251. The number of aromatic nitrogens is 2. The van der Waals surface area contributed by atoms with Crippen molar-refractivity contribution >= 4 is 17.3 Å². The Morgan fingerprint density at radius 3 is 2.82 bits per heavy atom. The third kappa shape index (κ3) is 2.44. The molecule has 0 radical (unpaired) electrons. The Labute approximate surface area is 126 Å². The van der Waals surface area contributed by atoms with Crippen molar-refractivity contribution in [3.05, 3.63) is 6.33 Å². The highest BCUT2D eigenvalue weighted by atomic mass is 16.6. The zero-order valence-electron chi connectivity index (χ0n) is 11.8. The number of ether oxygens (including phenoxy) is 1. The maximum Gasteiger partial charge on any atom is 0.162 e. The van der Waals surface area contributed by atoms with E-state index in [4.69, 9.17) is 14.9 Å². The van der Waals surface area contributed by atoms with Gasteiger partial charge in [-0.25, -0.2) is 9.97 Å². The van der Waals surface area contributed by atoms with Crippen molar-refractivity contribution in [3.63, 3.8) is 0 Å². The molecular weight excluding hydrogens is 294 g/mol. The lowest BCUT2D eigenvalue weighted by atomic mass is 10.1. The lowest BCUT2D eigenvalue weighted by Crippen LogP contribution is -2.44. The van der Waals surface area contributed by atoms with Crippen LogP contribution in [-0.4, -0.2) is 81.4 Å². The Morgan fingerprint density at radius 2 is 2.14 bits per heavy atom. The molecular formula is C12H19N5O5. The molecule has 1 fully saturated rings. The zero-order chi connectivity index (χ0) is 15.7. The fourth-order valence-electron chi connectivity index (χ4n) is 2.65. The second-order valence-corrected chi connectivity index (χ2v) is 5.10. The number of hydrogen-bond acceptors (Lipinski definition) is 10. The first kappa shape index (κ1) is 15.2. The van der Waals surface area contributed by atoms with E-state index in [2.05, 4.69) is 20.6 Å². The summed E-state index contributed by atoms with van der Waals surface area (Å²) in [5, 5.41) is 44.1. The first-order chi connectivity index (χ1) is 10.7. The molecule has 1 aromatic rings. The fraction of sp³-hybridized carbons (Fsp3) is 0.667. The molecule has 2 aliphatic heterocycles. The van der Waals surface area contributed by atoms with E-state index in [9.17, 15) is 10.2 Å². The molecule has 0 saturated carbocycles. The first-order valence-electron chi connectivity index (χ1n) is 7.00. The van der Waals surface area contributed by atoms with Crippen LogP contribution in [0.1, 0.15) is 0 Å². The van der Waals surface area contributed by atoms with Gasteiger partial charge in [-0.3, -0.25) is 0 Å². The van der Waals surface area contributed by atoms with Gasteiger partial charge in [0.15, 0.2) is 17.9 Å². The lowest BCUT2D eigenvalue weighted by molar-refractivity contribution is -0.0219. The molecule has 0 unspecified atom stereocenters. The molecule has 1 aromatic heterocycles. The second-order valence-electron chi connectivity index (χ2n) is 5.10. The summed E-state index contributed by atoms with van der Waals surface area (Å²) in [5.41, 5.74) is 0.633. The zero-order valence-corrected chi connectivity index (χ0v) is 11.8. The molecule has 10 heteroatoms. The van der Waals surface area contributed by atoms with Gasteiger partial charge in [-0.15, -0.1) is 0 Å². The average molecular weight is 313 g/mol. The van der Waals surface area contributed by atoms with Crippen LogP contribution in [0.25, 0.3) is 0 Å². The highest BCUT2D eigenvalue weighted by Gasteiger charge is 2.47. The summed E-state index contributed by atoms with van der Waals surface area (Å²) in [5.74, 6) is 1.05. The van der Waals surface area contributed by atoms with E-state index in [1.165, 1.54) is 6.33 Å². The van der Waals surface area contributed by atoms with Crippen molar-refractivity contribution in [3.8, 4) is 0 Å². The number of anilines is 3. The Hall–Kier alpha value is -1.72. The number of rotatable bonds is 5. The van der Waals surface area contributed by atoms with Gasteiger partial charge in [-0.1, -0.05) is 0 Å². The van der Waals surface area contributed by atoms with Gasteiger partial charge < -0.3 is 40.7 Å². The Bertz CT molecular complexity index is 533. The van der Waals surface area contributed by atoms with Crippen LogP contribution in [0, 0.1) is 0 Å². The minimum absolute atomic E-state index is 0.0304. The van der Waals surface area contributed by atoms with Gasteiger partial charge in [0.2, 0.25) is 0 Å². The van der Waals surface area contributed by atoms with Crippen molar-refractivity contribution in [2.45, 2.75) is 24.5 Å². The van der Waals surface area contributed by atoms with Crippen LogP contribution in [0.15, 0.2) is 6.33 Å². The van der Waals surface area contributed by atoms with Gasteiger partial charge in [0.05, 0.1) is 19.9 Å². The van der Waals surface area contributed by atoms with E-state index >= 15 is 0 Å². The molecule has 0 aliphatic carbocycles. The van der Waals surface area contributed by atoms with Crippen LogP contribution < -0.4 is 15.5 Å². The van der Waals surface area contributed by atoms with Crippen molar-refractivity contribution in [2.75, 3.05) is 42.0 Å². The molecule has 0 amide bonds. The molecule has 2 aliphatic rings. The number of fused-ring (bicyclic) bond motifs is 1. The van der Waals surface area contributed by atoms with Crippen LogP contribution >= 0.6 is 0 Å². The standard InChI is InChI=1S/C12H19N5O5/c18-2-1-13-10-7-11(15-4-14-10)17(5-16-7)12-9(21)8(20)6(3-19)22-12/h4,6,8-9,12,16,18-21H,1-3,5H2,(H,13,14,15)/t6-,8-,9-,12-/m1/s1. The van der Waals surface area contributed by atoms with Crippen LogP contribution in [0.3, 0.4) is 0 Å². The highest BCUT2D eigenvalue weighted by molar-refractivity contribution is 5.81. The first-order valence-corrected chi connectivity index (χ1v) is 7.00. The van der Waals surface area contributed by atoms with E-state index in [1.54, 1.807) is 4.90 Å². The van der Waals surface area contributed by atoms with Crippen molar-refractivity contribution in [1.29, 1.82) is 0 Å². The molecule has 3 rings (SSSR count). The molecule has 122 valence electrons.